The van der Waals surface area contributed by atoms with Crippen molar-refractivity contribution >= 4 is 17.7 Å². The van der Waals surface area contributed by atoms with Gasteiger partial charge in [-0.15, -0.1) is 0 Å². The Kier molecular flexibility index (Phi) is 6.44. The standard InChI is InChI=1S/C24H30N2O4/c1-15(2)26-16(3)11-21(18(26)5)22(27)14-30-24(29)20-12-23(28)25(13-20)17(4)19-9-7-6-8-10-19/h6-11,15,17,20H,12-14H2,1-5H3/t17-,20+/m0/s1. The zero-order chi connectivity index (χ0) is 22.0. The molecule has 2 heterocycles. The molecule has 160 valence electrons. The Hall–Kier alpha value is -2.89. The van der Waals surface area contributed by atoms with Crippen LogP contribution in [0.1, 0.15) is 66.6 Å². The van der Waals surface area contributed by atoms with Crippen LogP contribution >= 0.6 is 0 Å². The van der Waals surface area contributed by atoms with Gasteiger partial charge in [-0.1, -0.05) is 30.3 Å². The lowest BCUT2D eigenvalue weighted by Crippen LogP contribution is -2.30. The van der Waals surface area contributed by atoms with Gasteiger partial charge in [0.2, 0.25) is 11.7 Å². The molecule has 2 aromatic rings. The SMILES string of the molecule is Cc1cc(C(=O)COC(=O)[C@@H]2CC(=O)N([C@@H](C)c3ccccc3)C2)c(C)n1C(C)C. The van der Waals surface area contributed by atoms with Crippen molar-refractivity contribution in [3.63, 3.8) is 0 Å². The van der Waals surface area contributed by atoms with Crippen molar-refractivity contribution in [1.82, 2.24) is 9.47 Å². The molecule has 0 unspecified atom stereocenters. The fourth-order valence-electron chi connectivity index (χ4n) is 4.36. The monoisotopic (exact) mass is 410 g/mol. The Morgan fingerprint density at radius 1 is 1.13 bits per heavy atom. The van der Waals surface area contributed by atoms with E-state index >= 15 is 0 Å². The fraction of sp³-hybridized carbons (Fsp3) is 0.458. The van der Waals surface area contributed by atoms with Crippen LogP contribution in [0, 0.1) is 19.8 Å². The quantitative estimate of drug-likeness (QED) is 0.511. The summed E-state index contributed by atoms with van der Waals surface area (Å²) in [4.78, 5) is 39.3. The van der Waals surface area contributed by atoms with E-state index in [1.807, 2.05) is 57.2 Å². The molecule has 0 aliphatic carbocycles. The second-order valence-corrected chi connectivity index (χ2v) is 8.31. The smallest absolute Gasteiger partial charge is 0.311 e. The number of carbonyl (C=O) groups is 3. The van der Waals surface area contributed by atoms with Gasteiger partial charge < -0.3 is 14.2 Å². The number of aryl methyl sites for hydroxylation is 1. The lowest BCUT2D eigenvalue weighted by atomic mass is 10.1. The number of amides is 1. The van der Waals surface area contributed by atoms with Gasteiger partial charge in [0.15, 0.2) is 6.61 Å². The van der Waals surface area contributed by atoms with Crippen LogP contribution < -0.4 is 0 Å². The van der Waals surface area contributed by atoms with Crippen LogP contribution in [0.25, 0.3) is 0 Å². The number of ketones is 1. The minimum atomic E-state index is -0.542. The third kappa shape index (κ3) is 4.32. The van der Waals surface area contributed by atoms with E-state index in [-0.39, 0.29) is 36.8 Å². The minimum Gasteiger partial charge on any atom is -0.457 e. The lowest BCUT2D eigenvalue weighted by Gasteiger charge is -2.25. The number of esters is 1. The molecule has 0 saturated carbocycles. The number of benzene rings is 1. The summed E-state index contributed by atoms with van der Waals surface area (Å²) in [6.45, 7) is 9.95. The molecule has 1 aliphatic heterocycles. The van der Waals surface area contributed by atoms with Crippen molar-refractivity contribution < 1.29 is 19.1 Å². The average molecular weight is 411 g/mol. The van der Waals surface area contributed by atoms with Crippen molar-refractivity contribution in [3.8, 4) is 0 Å². The van der Waals surface area contributed by atoms with Crippen molar-refractivity contribution in [2.75, 3.05) is 13.2 Å². The van der Waals surface area contributed by atoms with Crippen molar-refractivity contribution in [3.05, 3.63) is 58.9 Å². The molecule has 0 spiro atoms. The Morgan fingerprint density at radius 3 is 2.40 bits per heavy atom. The summed E-state index contributed by atoms with van der Waals surface area (Å²) in [7, 11) is 0. The summed E-state index contributed by atoms with van der Waals surface area (Å²) in [5.41, 5.74) is 3.48. The predicted molar refractivity (Wildman–Crippen MR) is 114 cm³/mol. The van der Waals surface area contributed by atoms with Crippen LogP contribution in [0.5, 0.6) is 0 Å². The number of aromatic nitrogens is 1. The first kappa shape index (κ1) is 21.8. The van der Waals surface area contributed by atoms with Crippen LogP contribution in [0.3, 0.4) is 0 Å². The highest BCUT2D eigenvalue weighted by molar-refractivity contribution is 5.99. The largest absolute Gasteiger partial charge is 0.457 e. The highest BCUT2D eigenvalue weighted by Gasteiger charge is 2.38. The molecule has 6 heteroatoms. The normalized spacial score (nSPS) is 17.5. The number of nitrogens with zero attached hydrogens (tertiary/aromatic N) is 2. The van der Waals surface area contributed by atoms with Gasteiger partial charge in [-0.2, -0.15) is 0 Å². The van der Waals surface area contributed by atoms with Gasteiger partial charge in [0.25, 0.3) is 0 Å². The number of hydrogen-bond acceptors (Lipinski definition) is 4. The van der Waals surface area contributed by atoms with E-state index in [1.54, 1.807) is 4.90 Å². The van der Waals surface area contributed by atoms with Crippen molar-refractivity contribution in [2.45, 2.75) is 53.1 Å². The second kappa shape index (κ2) is 8.86. The number of hydrogen-bond donors (Lipinski definition) is 0. The number of rotatable bonds is 7. The summed E-state index contributed by atoms with van der Waals surface area (Å²) in [6.07, 6.45) is 0.117. The summed E-state index contributed by atoms with van der Waals surface area (Å²) in [5.74, 6) is -1.32. The molecule has 1 fully saturated rings. The van der Waals surface area contributed by atoms with E-state index in [2.05, 4.69) is 18.4 Å². The van der Waals surface area contributed by atoms with E-state index in [9.17, 15) is 14.4 Å². The highest BCUT2D eigenvalue weighted by atomic mass is 16.5. The number of Topliss-reactive ketones (excluding diaryl/α,β-unsaturated/α-hetero) is 1. The first-order valence-corrected chi connectivity index (χ1v) is 10.4. The van der Waals surface area contributed by atoms with Crippen LogP contribution in [0.15, 0.2) is 36.4 Å². The summed E-state index contributed by atoms with van der Waals surface area (Å²) in [6, 6.07) is 11.7. The third-order valence-corrected chi connectivity index (χ3v) is 5.89. The number of carbonyl (C=O) groups excluding carboxylic acids is 3. The van der Waals surface area contributed by atoms with Gasteiger partial charge in [0.1, 0.15) is 0 Å². The third-order valence-electron chi connectivity index (χ3n) is 5.89. The van der Waals surface area contributed by atoms with Crippen LogP contribution in [-0.4, -0.2) is 40.3 Å². The Balaban J connectivity index is 1.60. The molecule has 0 N–H and O–H groups in total. The molecule has 0 bridgehead atoms. The van der Waals surface area contributed by atoms with E-state index in [4.69, 9.17) is 4.74 Å². The molecule has 3 rings (SSSR count). The number of likely N-dealkylation sites (tertiary alicyclic amines) is 1. The first-order chi connectivity index (χ1) is 14.2. The lowest BCUT2D eigenvalue weighted by molar-refractivity contribution is -0.147. The van der Waals surface area contributed by atoms with Crippen LogP contribution in [0.2, 0.25) is 0 Å². The van der Waals surface area contributed by atoms with Gasteiger partial charge in [-0.05, 0) is 46.2 Å². The van der Waals surface area contributed by atoms with E-state index in [1.165, 1.54) is 0 Å². The zero-order valence-electron chi connectivity index (χ0n) is 18.3. The summed E-state index contributed by atoms with van der Waals surface area (Å²) < 4.78 is 7.40. The molecule has 1 aromatic carbocycles. The highest BCUT2D eigenvalue weighted by Crippen LogP contribution is 2.29. The molecule has 1 saturated heterocycles. The molecule has 0 radical (unpaired) electrons. The van der Waals surface area contributed by atoms with Gasteiger partial charge in [-0.3, -0.25) is 14.4 Å². The maximum absolute atomic E-state index is 12.6. The maximum Gasteiger partial charge on any atom is 0.311 e. The maximum atomic E-state index is 12.6. The predicted octanol–water partition coefficient (Wildman–Crippen LogP) is 4.02. The molecule has 1 aliphatic rings. The minimum absolute atomic E-state index is 0.0693. The van der Waals surface area contributed by atoms with Crippen molar-refractivity contribution in [1.29, 1.82) is 0 Å². The van der Waals surface area contributed by atoms with Gasteiger partial charge in [0, 0.05) is 36.0 Å². The van der Waals surface area contributed by atoms with E-state index < -0.39 is 11.9 Å². The molecule has 30 heavy (non-hydrogen) atoms. The molecular formula is C24H30N2O4. The average Bonchev–Trinajstić information content (AvgIpc) is 3.25. The van der Waals surface area contributed by atoms with Gasteiger partial charge in [-0.25, -0.2) is 0 Å². The van der Waals surface area contributed by atoms with Crippen molar-refractivity contribution in [2.24, 2.45) is 5.92 Å². The van der Waals surface area contributed by atoms with Crippen LogP contribution in [-0.2, 0) is 14.3 Å². The van der Waals surface area contributed by atoms with E-state index in [0.717, 1.165) is 17.0 Å². The number of ether oxygens (including phenoxy) is 1. The molecule has 1 aromatic heterocycles. The Bertz CT molecular complexity index is 946. The Labute approximate surface area is 177 Å². The summed E-state index contributed by atoms with van der Waals surface area (Å²) in [5, 5.41) is 0. The molecule has 6 nitrogen and oxygen atoms in total. The summed E-state index contributed by atoms with van der Waals surface area (Å²) >= 11 is 0. The second-order valence-electron chi connectivity index (χ2n) is 8.31. The molecular weight excluding hydrogens is 380 g/mol. The van der Waals surface area contributed by atoms with Gasteiger partial charge >= 0.3 is 5.97 Å². The molecule has 2 atom stereocenters. The first-order valence-electron chi connectivity index (χ1n) is 10.4. The topological polar surface area (TPSA) is 68.6 Å². The fourth-order valence-corrected chi connectivity index (χ4v) is 4.36. The van der Waals surface area contributed by atoms with Crippen LogP contribution in [0.4, 0.5) is 0 Å². The van der Waals surface area contributed by atoms with Gasteiger partial charge in [0.05, 0.1) is 12.0 Å². The van der Waals surface area contributed by atoms with E-state index in [0.29, 0.717) is 12.1 Å². The Morgan fingerprint density at radius 2 is 1.80 bits per heavy atom. The molecule has 1 amide bonds. The zero-order valence-corrected chi connectivity index (χ0v) is 18.3.